The zero-order valence-electron chi connectivity index (χ0n) is 18.3. The van der Waals surface area contributed by atoms with E-state index in [1.54, 1.807) is 0 Å². The van der Waals surface area contributed by atoms with Crippen LogP contribution in [0.15, 0.2) is 0 Å². The van der Waals surface area contributed by atoms with Gasteiger partial charge in [0, 0.05) is 4.43 Å². The summed E-state index contributed by atoms with van der Waals surface area (Å²) in [5.74, 6) is 0. The van der Waals surface area contributed by atoms with Crippen LogP contribution in [0.25, 0.3) is 0 Å². The Bertz CT molecular complexity index is 520. The smallest absolute Gasteiger partial charge is 0.192 e. The molecular weight excluding hydrogens is 473 g/mol. The maximum absolute atomic E-state index is 9.30. The molecule has 4 nitrogen and oxygen atoms in total. The second-order valence-electron chi connectivity index (χ2n) is 10.4. The predicted molar refractivity (Wildman–Crippen MR) is 122 cm³/mol. The van der Waals surface area contributed by atoms with Crippen molar-refractivity contribution in [2.24, 2.45) is 0 Å². The van der Waals surface area contributed by atoms with Crippen LogP contribution in [0.5, 0.6) is 0 Å². The van der Waals surface area contributed by atoms with Crippen LogP contribution in [0.2, 0.25) is 36.3 Å². The predicted octanol–water partition coefficient (Wildman–Crippen LogP) is 5.88. The van der Waals surface area contributed by atoms with Gasteiger partial charge in [0.15, 0.2) is 16.6 Å². The van der Waals surface area contributed by atoms with Gasteiger partial charge in [-0.1, -0.05) is 64.1 Å². The standard InChI is InChI=1S/C19H38INO3Si2/c1-18(2,3)25(7,8)23-16-14(11-12-21)22-15(13-20)17(16)24-26(9,10)19(4,5)6/h14-17H,11,13H2,1-10H3/t14-,15-,16+,17+/m1/s1. The summed E-state index contributed by atoms with van der Waals surface area (Å²) in [5, 5.41) is 9.53. The summed E-state index contributed by atoms with van der Waals surface area (Å²) in [5.41, 5.74) is 0. The van der Waals surface area contributed by atoms with Gasteiger partial charge in [-0.15, -0.1) is 0 Å². The van der Waals surface area contributed by atoms with E-state index in [4.69, 9.17) is 13.6 Å². The van der Waals surface area contributed by atoms with E-state index in [-0.39, 0.29) is 34.5 Å². The minimum absolute atomic E-state index is 0.0159. The van der Waals surface area contributed by atoms with Gasteiger partial charge in [-0.25, -0.2) is 0 Å². The molecule has 1 fully saturated rings. The molecule has 0 N–H and O–H groups in total. The zero-order valence-corrected chi connectivity index (χ0v) is 22.4. The molecule has 1 rings (SSSR count). The van der Waals surface area contributed by atoms with E-state index in [2.05, 4.69) is 96.4 Å². The molecule has 0 spiro atoms. The average Bonchev–Trinajstić information content (AvgIpc) is 2.74. The lowest BCUT2D eigenvalue weighted by Crippen LogP contribution is -2.54. The number of nitrogens with zero attached hydrogens (tertiary/aromatic N) is 1. The lowest BCUT2D eigenvalue weighted by molar-refractivity contribution is 0.0254. The molecule has 0 radical (unpaired) electrons. The molecular formula is C19H38INO3Si2. The van der Waals surface area contributed by atoms with E-state index in [1.165, 1.54) is 0 Å². The largest absolute Gasteiger partial charge is 0.409 e. The lowest BCUT2D eigenvalue weighted by atomic mass is 10.1. The Kier molecular flexibility index (Phi) is 8.03. The first-order valence-corrected chi connectivity index (χ1v) is 16.9. The maximum Gasteiger partial charge on any atom is 0.192 e. The van der Waals surface area contributed by atoms with Crippen molar-refractivity contribution in [3.05, 3.63) is 0 Å². The molecule has 4 atom stereocenters. The number of halogens is 1. The molecule has 0 saturated carbocycles. The highest BCUT2D eigenvalue weighted by atomic mass is 127. The summed E-state index contributed by atoms with van der Waals surface area (Å²) in [4.78, 5) is 0. The van der Waals surface area contributed by atoms with Gasteiger partial charge in [0.05, 0.1) is 36.9 Å². The van der Waals surface area contributed by atoms with Crippen LogP contribution in [0.4, 0.5) is 0 Å². The highest BCUT2D eigenvalue weighted by Gasteiger charge is 2.53. The number of hydrogen-bond donors (Lipinski definition) is 0. The maximum atomic E-state index is 9.30. The average molecular weight is 512 g/mol. The third-order valence-corrected chi connectivity index (χ3v) is 16.1. The molecule has 1 aliphatic heterocycles. The van der Waals surface area contributed by atoms with Gasteiger partial charge in [-0.2, -0.15) is 5.26 Å². The van der Waals surface area contributed by atoms with Crippen molar-refractivity contribution >= 4 is 39.2 Å². The van der Waals surface area contributed by atoms with Gasteiger partial charge in [-0.3, -0.25) is 0 Å². The summed E-state index contributed by atoms with van der Waals surface area (Å²) < 4.78 is 20.7. The van der Waals surface area contributed by atoms with Crippen LogP contribution in [-0.2, 0) is 13.6 Å². The summed E-state index contributed by atoms with van der Waals surface area (Å²) in [6.07, 6.45) is -0.129. The van der Waals surface area contributed by atoms with Crippen molar-refractivity contribution in [2.75, 3.05) is 4.43 Å². The Labute approximate surface area is 176 Å². The van der Waals surface area contributed by atoms with Crippen molar-refractivity contribution in [2.45, 2.75) is 109 Å². The van der Waals surface area contributed by atoms with E-state index < -0.39 is 16.6 Å². The Morgan fingerprint density at radius 1 is 0.885 bits per heavy atom. The molecule has 1 saturated heterocycles. The van der Waals surface area contributed by atoms with E-state index in [0.29, 0.717) is 6.42 Å². The molecule has 0 aromatic carbocycles. The highest BCUT2D eigenvalue weighted by molar-refractivity contribution is 14.1. The first-order valence-electron chi connectivity index (χ1n) is 9.51. The van der Waals surface area contributed by atoms with E-state index >= 15 is 0 Å². The summed E-state index contributed by atoms with van der Waals surface area (Å²) in [7, 11) is -3.98. The molecule has 0 bridgehead atoms. The van der Waals surface area contributed by atoms with Crippen molar-refractivity contribution in [3.8, 4) is 6.07 Å². The topological polar surface area (TPSA) is 51.5 Å². The van der Waals surface area contributed by atoms with Crippen LogP contribution in [0.3, 0.4) is 0 Å². The number of ether oxygens (including phenoxy) is 1. The first kappa shape index (κ1) is 24.6. The SMILES string of the molecule is CC(C)(C)[Si](C)(C)O[C@@H]1[C@@H](O[Si](C)(C)C(C)(C)C)[C@@H](CC#N)O[C@@H]1CI. The fourth-order valence-electron chi connectivity index (χ4n) is 2.50. The molecule has 0 aliphatic carbocycles. The summed E-state index contributed by atoms with van der Waals surface area (Å²) >= 11 is 2.36. The molecule has 1 heterocycles. The van der Waals surface area contributed by atoms with Gasteiger partial charge >= 0.3 is 0 Å². The highest BCUT2D eigenvalue weighted by Crippen LogP contribution is 2.44. The van der Waals surface area contributed by atoms with Crippen LogP contribution in [0.1, 0.15) is 48.0 Å². The fraction of sp³-hybridized carbons (Fsp3) is 0.947. The van der Waals surface area contributed by atoms with Crippen LogP contribution in [0, 0.1) is 11.3 Å². The number of nitriles is 1. The minimum atomic E-state index is -2.00. The third-order valence-electron chi connectivity index (χ3n) is 6.32. The van der Waals surface area contributed by atoms with Crippen molar-refractivity contribution < 1.29 is 13.6 Å². The second kappa shape index (κ2) is 8.50. The van der Waals surface area contributed by atoms with Gasteiger partial charge in [0.2, 0.25) is 0 Å². The van der Waals surface area contributed by atoms with Gasteiger partial charge in [0.25, 0.3) is 0 Å². The van der Waals surface area contributed by atoms with Gasteiger partial charge in [0.1, 0.15) is 0 Å². The Morgan fingerprint density at radius 3 is 1.58 bits per heavy atom. The van der Waals surface area contributed by atoms with Crippen LogP contribution in [-0.4, -0.2) is 45.5 Å². The third kappa shape index (κ3) is 5.54. The molecule has 152 valence electrons. The molecule has 0 aromatic rings. The van der Waals surface area contributed by atoms with E-state index in [9.17, 15) is 5.26 Å². The molecule has 0 unspecified atom stereocenters. The Balaban J connectivity index is 3.21. The van der Waals surface area contributed by atoms with Gasteiger partial charge in [-0.05, 0) is 36.3 Å². The molecule has 0 aromatic heterocycles. The van der Waals surface area contributed by atoms with Gasteiger partial charge < -0.3 is 13.6 Å². The molecule has 0 amide bonds. The monoisotopic (exact) mass is 511 g/mol. The van der Waals surface area contributed by atoms with E-state index in [0.717, 1.165) is 4.43 Å². The molecule has 26 heavy (non-hydrogen) atoms. The minimum Gasteiger partial charge on any atom is -0.409 e. The van der Waals surface area contributed by atoms with Crippen LogP contribution >= 0.6 is 22.6 Å². The first-order chi connectivity index (χ1) is 11.6. The number of alkyl halides is 1. The van der Waals surface area contributed by atoms with Crippen molar-refractivity contribution in [3.63, 3.8) is 0 Å². The summed E-state index contributed by atoms with van der Waals surface area (Å²) in [6, 6.07) is 2.29. The van der Waals surface area contributed by atoms with Crippen molar-refractivity contribution in [1.29, 1.82) is 5.26 Å². The zero-order chi connectivity index (χ0) is 20.6. The van der Waals surface area contributed by atoms with Crippen molar-refractivity contribution in [1.82, 2.24) is 0 Å². The molecule has 7 heteroatoms. The number of rotatable bonds is 6. The number of hydrogen-bond acceptors (Lipinski definition) is 4. The normalized spacial score (nSPS) is 28.2. The summed E-state index contributed by atoms with van der Waals surface area (Å²) in [6.45, 7) is 22.6. The second-order valence-corrected chi connectivity index (χ2v) is 20.8. The quantitative estimate of drug-likeness (QED) is 0.254. The fourth-order valence-corrected chi connectivity index (χ4v) is 5.85. The Hall–Kier alpha value is 0.534. The Morgan fingerprint density at radius 2 is 1.27 bits per heavy atom. The molecule has 1 aliphatic rings. The lowest BCUT2D eigenvalue weighted by Gasteiger charge is -2.44. The van der Waals surface area contributed by atoms with Crippen LogP contribution < -0.4 is 0 Å². The van der Waals surface area contributed by atoms with E-state index in [1.807, 2.05) is 0 Å².